The van der Waals surface area contributed by atoms with Crippen molar-refractivity contribution >= 4 is 109 Å². The van der Waals surface area contributed by atoms with Gasteiger partial charge in [0.25, 0.3) is 0 Å². The van der Waals surface area contributed by atoms with Crippen LogP contribution in [0.2, 0.25) is 0 Å². The highest BCUT2D eigenvalue weighted by atomic mass is 15.0. The number of hydrogen-bond acceptors (Lipinski definition) is 2. The SMILES string of the molecule is c1ccc(-n2c3ccccc3c3cc(-c4ccc5c6ccccc6n(-c6cc(-c7ncc8ccc9ccccc9c8n7)cc(-n7c8ccccc8c8ccc(-c9ccc%10c(c9)c9ccccc9n%10-c9ccccc9)cc87)c6)c5c4)ccc32)cc1. The molecule has 390 valence electrons. The summed E-state index contributed by atoms with van der Waals surface area (Å²) in [4.78, 5) is 10.7. The average Bonchev–Trinajstić information content (AvgIpc) is 4.28. The third kappa shape index (κ3) is 6.98. The lowest BCUT2D eigenvalue weighted by Crippen LogP contribution is -2.01. The van der Waals surface area contributed by atoms with Crippen LogP contribution < -0.4 is 0 Å². The normalized spacial score (nSPS) is 12.0. The zero-order chi connectivity index (χ0) is 55.0. The van der Waals surface area contributed by atoms with Crippen LogP contribution in [-0.4, -0.2) is 28.2 Å². The van der Waals surface area contributed by atoms with Gasteiger partial charge in [-0.1, -0.05) is 182 Å². The van der Waals surface area contributed by atoms with E-state index in [9.17, 15) is 0 Å². The summed E-state index contributed by atoms with van der Waals surface area (Å²) in [7, 11) is 0. The van der Waals surface area contributed by atoms with Crippen molar-refractivity contribution in [1.82, 2.24) is 28.2 Å². The van der Waals surface area contributed by atoms with Crippen LogP contribution in [0, 0.1) is 0 Å². The van der Waals surface area contributed by atoms with E-state index < -0.39 is 0 Å². The van der Waals surface area contributed by atoms with Crippen molar-refractivity contribution in [2.75, 3.05) is 0 Å². The lowest BCUT2D eigenvalue weighted by atomic mass is 10.0. The molecular formula is C78H48N6. The van der Waals surface area contributed by atoms with Gasteiger partial charge >= 0.3 is 0 Å². The maximum absolute atomic E-state index is 5.48. The zero-order valence-electron chi connectivity index (χ0n) is 45.4. The van der Waals surface area contributed by atoms with Gasteiger partial charge in [-0.25, -0.2) is 9.97 Å². The molecule has 0 saturated carbocycles. The Morgan fingerprint density at radius 3 is 1.08 bits per heavy atom. The van der Waals surface area contributed by atoms with Crippen molar-refractivity contribution in [3.63, 3.8) is 0 Å². The predicted molar refractivity (Wildman–Crippen MR) is 351 cm³/mol. The van der Waals surface area contributed by atoms with E-state index in [2.05, 4.69) is 303 Å². The van der Waals surface area contributed by atoms with Crippen LogP contribution >= 0.6 is 0 Å². The quantitative estimate of drug-likeness (QED) is 0.149. The van der Waals surface area contributed by atoms with Crippen molar-refractivity contribution in [3.8, 4) is 56.4 Å². The molecule has 0 amide bonds. The molecule has 5 heterocycles. The third-order valence-corrected chi connectivity index (χ3v) is 17.5. The molecule has 0 spiro atoms. The van der Waals surface area contributed by atoms with Crippen LogP contribution in [0.3, 0.4) is 0 Å². The molecule has 0 fully saturated rings. The lowest BCUT2D eigenvalue weighted by molar-refractivity contribution is 1.13. The largest absolute Gasteiger partial charge is 0.309 e. The second kappa shape index (κ2) is 18.1. The number of aromatic nitrogens is 6. The van der Waals surface area contributed by atoms with Gasteiger partial charge in [-0.05, 0) is 131 Å². The second-order valence-corrected chi connectivity index (χ2v) is 22.2. The summed E-state index contributed by atoms with van der Waals surface area (Å²) in [5, 5.41) is 12.9. The van der Waals surface area contributed by atoms with E-state index in [0.29, 0.717) is 5.82 Å². The van der Waals surface area contributed by atoms with Gasteiger partial charge in [0, 0.05) is 88.4 Å². The van der Waals surface area contributed by atoms with Gasteiger partial charge in [0.1, 0.15) is 0 Å². The Hall–Kier alpha value is -11.3. The first-order chi connectivity index (χ1) is 41.6. The van der Waals surface area contributed by atoms with Crippen LogP contribution in [0.25, 0.3) is 165 Å². The van der Waals surface area contributed by atoms with Gasteiger partial charge in [0.05, 0.1) is 49.7 Å². The molecule has 0 radical (unpaired) electrons. The second-order valence-electron chi connectivity index (χ2n) is 22.2. The van der Waals surface area contributed by atoms with Crippen LogP contribution in [0.4, 0.5) is 0 Å². The highest BCUT2D eigenvalue weighted by Crippen LogP contribution is 2.43. The van der Waals surface area contributed by atoms with Crippen LogP contribution in [0.15, 0.2) is 291 Å². The zero-order valence-corrected chi connectivity index (χ0v) is 45.4. The van der Waals surface area contributed by atoms with Crippen LogP contribution in [0.5, 0.6) is 0 Å². The molecular weight excluding hydrogens is 1020 g/mol. The van der Waals surface area contributed by atoms with Crippen molar-refractivity contribution in [2.24, 2.45) is 0 Å². The van der Waals surface area contributed by atoms with Gasteiger partial charge < -0.3 is 18.3 Å². The molecule has 0 unspecified atom stereocenters. The van der Waals surface area contributed by atoms with E-state index in [1.54, 1.807) is 0 Å². The molecule has 5 aromatic heterocycles. The molecule has 0 N–H and O–H groups in total. The summed E-state index contributed by atoms with van der Waals surface area (Å²) >= 11 is 0. The molecule has 0 aliphatic rings. The summed E-state index contributed by atoms with van der Waals surface area (Å²) in [6.07, 6.45) is 1.98. The predicted octanol–water partition coefficient (Wildman–Crippen LogP) is 20.2. The summed E-state index contributed by atoms with van der Waals surface area (Å²) < 4.78 is 9.67. The minimum absolute atomic E-state index is 0.663. The minimum Gasteiger partial charge on any atom is -0.309 e. The van der Waals surface area contributed by atoms with Gasteiger partial charge in [-0.15, -0.1) is 0 Å². The standard InChI is InChI=1S/C78H48N6/c1-3-18-56(19-4-1)81-71-29-15-11-25-63(71)67-43-50(35-39-73(67)81)52-33-37-65-61-23-9-13-27-69(61)83(75(65)45-52)58-41-55(78-79-48-54-32-31-49-17-7-8-22-60(49)77(54)80-78)42-59(47-58)84-70-28-14-10-24-62(70)66-38-34-53(46-76(66)84)51-36-40-74-68(44-51)64-26-12-16-30-72(64)82(74)57-20-5-2-6-21-57/h1-48H. The molecule has 18 aromatic rings. The highest BCUT2D eigenvalue weighted by molar-refractivity contribution is 6.15. The van der Waals surface area contributed by atoms with Crippen molar-refractivity contribution in [3.05, 3.63) is 291 Å². The van der Waals surface area contributed by atoms with E-state index in [4.69, 9.17) is 9.97 Å². The average molecular weight is 1070 g/mol. The maximum atomic E-state index is 5.48. The Labute approximate surface area is 482 Å². The Morgan fingerprint density at radius 2 is 0.583 bits per heavy atom. The molecule has 84 heavy (non-hydrogen) atoms. The van der Waals surface area contributed by atoms with Crippen LogP contribution in [0.1, 0.15) is 0 Å². The Kier molecular flexibility index (Phi) is 9.99. The van der Waals surface area contributed by atoms with E-state index in [1.807, 2.05) is 6.20 Å². The fourth-order valence-electron chi connectivity index (χ4n) is 13.8. The number of benzene rings is 13. The molecule has 0 atom stereocenters. The first-order valence-electron chi connectivity index (χ1n) is 28.7. The van der Waals surface area contributed by atoms with Crippen molar-refractivity contribution < 1.29 is 0 Å². The monoisotopic (exact) mass is 1070 g/mol. The number of rotatable bonds is 7. The summed E-state index contributed by atoms with van der Waals surface area (Å²) in [6, 6.07) is 104. The molecule has 13 aromatic carbocycles. The number of para-hydroxylation sites is 6. The summed E-state index contributed by atoms with van der Waals surface area (Å²) in [6.45, 7) is 0. The summed E-state index contributed by atoms with van der Waals surface area (Å²) in [5.41, 5.74) is 20.0. The van der Waals surface area contributed by atoms with Crippen molar-refractivity contribution in [2.45, 2.75) is 0 Å². The molecule has 18 rings (SSSR count). The topological polar surface area (TPSA) is 45.5 Å². The van der Waals surface area contributed by atoms with Crippen LogP contribution in [-0.2, 0) is 0 Å². The van der Waals surface area contributed by atoms with Gasteiger partial charge in [0.2, 0.25) is 0 Å². The summed E-state index contributed by atoms with van der Waals surface area (Å²) in [5.74, 6) is 0.663. The number of hydrogen-bond donors (Lipinski definition) is 0. The first-order valence-corrected chi connectivity index (χ1v) is 28.7. The Bertz CT molecular complexity index is 5450. The van der Waals surface area contributed by atoms with Gasteiger partial charge in [-0.3, -0.25) is 0 Å². The molecule has 6 heteroatoms. The Morgan fingerprint density at radius 1 is 0.214 bits per heavy atom. The first kappa shape index (κ1) is 46.4. The lowest BCUT2D eigenvalue weighted by Gasteiger charge is -2.16. The van der Waals surface area contributed by atoms with Gasteiger partial charge in [-0.2, -0.15) is 0 Å². The Balaban J connectivity index is 0.868. The minimum atomic E-state index is 0.663. The van der Waals surface area contributed by atoms with E-state index in [1.165, 1.54) is 65.2 Å². The number of fused-ring (bicyclic) bond motifs is 15. The van der Waals surface area contributed by atoms with Crippen molar-refractivity contribution in [1.29, 1.82) is 0 Å². The van der Waals surface area contributed by atoms with E-state index in [-0.39, 0.29) is 0 Å². The third-order valence-electron chi connectivity index (χ3n) is 17.5. The molecule has 0 aliphatic heterocycles. The molecule has 6 nitrogen and oxygen atoms in total. The fraction of sp³-hybridized carbons (Fsp3) is 0. The van der Waals surface area contributed by atoms with Gasteiger partial charge in [0.15, 0.2) is 5.82 Å². The smallest absolute Gasteiger partial charge is 0.159 e. The molecule has 0 bridgehead atoms. The fourth-order valence-corrected chi connectivity index (χ4v) is 13.8. The number of nitrogens with zero attached hydrogens (tertiary/aromatic N) is 6. The molecule has 0 aliphatic carbocycles. The van der Waals surface area contributed by atoms with E-state index >= 15 is 0 Å². The highest BCUT2D eigenvalue weighted by Gasteiger charge is 2.22. The van der Waals surface area contributed by atoms with E-state index in [0.717, 1.165) is 94.3 Å². The maximum Gasteiger partial charge on any atom is 0.159 e. The molecule has 0 saturated heterocycles.